The molecule has 20 heavy (non-hydrogen) atoms. The highest BCUT2D eigenvalue weighted by molar-refractivity contribution is 7.89. The van der Waals surface area contributed by atoms with Crippen LogP contribution >= 0.6 is 0 Å². The third kappa shape index (κ3) is 3.46. The molecule has 0 heterocycles. The lowest BCUT2D eigenvalue weighted by Gasteiger charge is -2.12. The zero-order valence-corrected chi connectivity index (χ0v) is 11.7. The summed E-state index contributed by atoms with van der Waals surface area (Å²) in [4.78, 5) is 2.59. The van der Waals surface area contributed by atoms with Gasteiger partial charge in [-0.1, -0.05) is 42.5 Å². The number of anilines is 1. The second kappa shape index (κ2) is 6.36. The first kappa shape index (κ1) is 14.3. The van der Waals surface area contributed by atoms with Crippen LogP contribution in [0.25, 0.3) is 0 Å². The fourth-order valence-corrected chi connectivity index (χ4v) is 2.63. The summed E-state index contributed by atoms with van der Waals surface area (Å²) in [5.41, 5.74) is 4.44. The van der Waals surface area contributed by atoms with Gasteiger partial charge in [-0.05, 0) is 30.2 Å². The molecule has 0 aliphatic carbocycles. The van der Waals surface area contributed by atoms with Gasteiger partial charge in [0.2, 0.25) is 0 Å². The van der Waals surface area contributed by atoms with E-state index in [2.05, 4.69) is 16.8 Å². The van der Waals surface area contributed by atoms with E-state index in [1.54, 1.807) is 36.4 Å². The zero-order valence-electron chi connectivity index (χ0n) is 10.9. The van der Waals surface area contributed by atoms with Crippen LogP contribution < -0.4 is 10.3 Å². The molecule has 0 aliphatic heterocycles. The molecule has 0 saturated carbocycles. The van der Waals surface area contributed by atoms with Gasteiger partial charge in [-0.25, -0.2) is 8.42 Å². The molecule has 0 bridgehead atoms. The molecule has 4 nitrogen and oxygen atoms in total. The fourth-order valence-electron chi connectivity index (χ4n) is 1.76. The van der Waals surface area contributed by atoms with Gasteiger partial charge in [0.05, 0.1) is 10.6 Å². The van der Waals surface area contributed by atoms with Crippen molar-refractivity contribution in [1.82, 2.24) is 4.83 Å². The van der Waals surface area contributed by atoms with Gasteiger partial charge in [-0.2, -0.15) is 0 Å². The highest BCUT2D eigenvalue weighted by Crippen LogP contribution is 2.16. The summed E-state index contributed by atoms with van der Waals surface area (Å²) in [5.74, 6) is 0. The number of benzene rings is 2. The molecule has 0 spiro atoms. The molecule has 104 valence electrons. The zero-order chi connectivity index (χ0) is 14.4. The first-order valence-electron chi connectivity index (χ1n) is 6.15. The van der Waals surface area contributed by atoms with Crippen molar-refractivity contribution in [2.75, 3.05) is 5.43 Å². The average Bonchev–Trinajstić information content (AvgIpc) is 2.48. The fraction of sp³-hybridized carbons (Fsp3) is 0.0667. The lowest BCUT2D eigenvalue weighted by molar-refractivity contribution is 0.587. The molecule has 2 aromatic carbocycles. The SMILES string of the molecule is C=CCc1ccccc1NNS(=O)(=O)c1ccccc1. The first-order valence-corrected chi connectivity index (χ1v) is 7.63. The molecule has 0 atom stereocenters. The van der Waals surface area contributed by atoms with E-state index in [-0.39, 0.29) is 4.90 Å². The molecule has 0 fully saturated rings. The highest BCUT2D eigenvalue weighted by Gasteiger charge is 2.13. The Morgan fingerprint density at radius 1 is 1.00 bits per heavy atom. The van der Waals surface area contributed by atoms with E-state index < -0.39 is 10.0 Å². The maximum absolute atomic E-state index is 12.1. The molecule has 0 aliphatic rings. The van der Waals surface area contributed by atoms with Crippen LogP contribution in [-0.2, 0) is 16.4 Å². The van der Waals surface area contributed by atoms with E-state index in [4.69, 9.17) is 0 Å². The number of allylic oxidation sites excluding steroid dienone is 1. The summed E-state index contributed by atoms with van der Waals surface area (Å²) in [5, 5.41) is 0. The molecule has 0 saturated heterocycles. The number of hydrogen-bond donors (Lipinski definition) is 2. The van der Waals surface area contributed by atoms with Crippen molar-refractivity contribution in [2.24, 2.45) is 0 Å². The number of nitrogens with one attached hydrogen (secondary N) is 2. The Hall–Kier alpha value is -2.11. The predicted molar refractivity (Wildman–Crippen MR) is 80.7 cm³/mol. The third-order valence-electron chi connectivity index (χ3n) is 2.76. The third-order valence-corrected chi connectivity index (χ3v) is 4.02. The predicted octanol–water partition coefficient (Wildman–Crippen LogP) is 2.72. The number of sulfonamides is 1. The van der Waals surface area contributed by atoms with Crippen LogP contribution in [-0.4, -0.2) is 8.42 Å². The van der Waals surface area contributed by atoms with Crippen molar-refractivity contribution in [1.29, 1.82) is 0 Å². The number of para-hydroxylation sites is 1. The maximum atomic E-state index is 12.1. The Balaban J connectivity index is 2.15. The number of hydrazine groups is 1. The van der Waals surface area contributed by atoms with Gasteiger partial charge in [-0.15, -0.1) is 11.4 Å². The Kier molecular flexibility index (Phi) is 4.55. The Morgan fingerprint density at radius 2 is 1.65 bits per heavy atom. The standard InChI is InChI=1S/C15H16N2O2S/c1-2-8-13-9-6-7-12-15(13)16-17-20(18,19)14-10-4-3-5-11-14/h2-7,9-12,16-17H,1,8H2. The minimum Gasteiger partial charge on any atom is -0.308 e. The van der Waals surface area contributed by atoms with E-state index in [0.717, 1.165) is 5.56 Å². The minimum atomic E-state index is -3.58. The minimum absolute atomic E-state index is 0.216. The van der Waals surface area contributed by atoms with Gasteiger partial charge in [0.1, 0.15) is 0 Å². The Labute approximate surface area is 119 Å². The van der Waals surface area contributed by atoms with Crippen LogP contribution in [0.2, 0.25) is 0 Å². The van der Waals surface area contributed by atoms with Crippen molar-refractivity contribution in [3.8, 4) is 0 Å². The van der Waals surface area contributed by atoms with Crippen molar-refractivity contribution in [3.63, 3.8) is 0 Å². The normalized spacial score (nSPS) is 11.0. The summed E-state index contributed by atoms with van der Waals surface area (Å²) in [6, 6.07) is 15.7. The molecule has 5 heteroatoms. The second-order valence-corrected chi connectivity index (χ2v) is 5.88. The van der Waals surface area contributed by atoms with Gasteiger partial charge >= 0.3 is 0 Å². The summed E-state index contributed by atoms with van der Waals surface area (Å²) >= 11 is 0. The monoisotopic (exact) mass is 288 g/mol. The lowest BCUT2D eigenvalue weighted by atomic mass is 10.1. The summed E-state index contributed by atoms with van der Waals surface area (Å²) < 4.78 is 24.2. The molecule has 0 unspecified atom stereocenters. The Bertz CT molecular complexity index is 682. The summed E-state index contributed by atoms with van der Waals surface area (Å²) in [7, 11) is -3.58. The molecule has 0 amide bonds. The molecule has 0 aromatic heterocycles. The quantitative estimate of drug-likeness (QED) is 0.635. The summed E-state index contributed by atoms with van der Waals surface area (Å²) in [6.07, 6.45) is 2.43. The van der Waals surface area contributed by atoms with Crippen LogP contribution in [0.3, 0.4) is 0 Å². The Morgan fingerprint density at radius 3 is 2.35 bits per heavy atom. The second-order valence-electron chi connectivity index (χ2n) is 4.19. The molecular formula is C15H16N2O2S. The van der Waals surface area contributed by atoms with Gasteiger partial charge in [0.15, 0.2) is 0 Å². The van der Waals surface area contributed by atoms with Gasteiger partial charge < -0.3 is 5.43 Å². The lowest BCUT2D eigenvalue weighted by Crippen LogP contribution is -2.29. The summed E-state index contributed by atoms with van der Waals surface area (Å²) in [6.45, 7) is 3.69. The van der Waals surface area contributed by atoms with E-state index in [1.165, 1.54) is 0 Å². The number of rotatable bonds is 6. The van der Waals surface area contributed by atoms with E-state index in [0.29, 0.717) is 12.1 Å². The smallest absolute Gasteiger partial charge is 0.257 e. The molecule has 0 radical (unpaired) electrons. The largest absolute Gasteiger partial charge is 0.308 e. The van der Waals surface area contributed by atoms with Crippen LogP contribution in [0.15, 0.2) is 72.1 Å². The van der Waals surface area contributed by atoms with Gasteiger partial charge in [-0.3, -0.25) is 0 Å². The average molecular weight is 288 g/mol. The molecule has 2 aromatic rings. The maximum Gasteiger partial charge on any atom is 0.257 e. The van der Waals surface area contributed by atoms with E-state index in [9.17, 15) is 8.42 Å². The van der Waals surface area contributed by atoms with Gasteiger partial charge in [0, 0.05) is 0 Å². The first-order chi connectivity index (χ1) is 9.63. The van der Waals surface area contributed by atoms with Crippen molar-refractivity contribution in [3.05, 3.63) is 72.8 Å². The topological polar surface area (TPSA) is 58.2 Å². The van der Waals surface area contributed by atoms with Crippen molar-refractivity contribution in [2.45, 2.75) is 11.3 Å². The van der Waals surface area contributed by atoms with Crippen LogP contribution in [0.4, 0.5) is 5.69 Å². The van der Waals surface area contributed by atoms with E-state index >= 15 is 0 Å². The molecule has 2 rings (SSSR count). The van der Waals surface area contributed by atoms with Crippen LogP contribution in [0.5, 0.6) is 0 Å². The number of hydrogen-bond acceptors (Lipinski definition) is 3. The van der Waals surface area contributed by atoms with Crippen molar-refractivity contribution < 1.29 is 8.42 Å². The van der Waals surface area contributed by atoms with E-state index in [1.807, 2.05) is 24.3 Å². The molecule has 2 N–H and O–H groups in total. The van der Waals surface area contributed by atoms with Crippen LogP contribution in [0, 0.1) is 0 Å². The van der Waals surface area contributed by atoms with Crippen molar-refractivity contribution >= 4 is 15.7 Å². The van der Waals surface area contributed by atoms with Gasteiger partial charge in [0.25, 0.3) is 10.0 Å². The highest BCUT2D eigenvalue weighted by atomic mass is 32.2. The molecular weight excluding hydrogens is 272 g/mol. The van der Waals surface area contributed by atoms with Crippen LogP contribution in [0.1, 0.15) is 5.56 Å².